The van der Waals surface area contributed by atoms with Crippen LogP contribution in [0, 0.1) is 5.41 Å². The molecule has 1 spiro atoms. The van der Waals surface area contributed by atoms with E-state index in [2.05, 4.69) is 58.8 Å². The van der Waals surface area contributed by atoms with Gasteiger partial charge < -0.3 is 14.3 Å². The molecule has 230 valence electrons. The van der Waals surface area contributed by atoms with Gasteiger partial charge in [0.1, 0.15) is 6.10 Å². The zero-order chi connectivity index (χ0) is 30.7. The second-order valence-electron chi connectivity index (χ2n) is 14.3. The number of ether oxygens (including phenoxy) is 1. The van der Waals surface area contributed by atoms with E-state index in [9.17, 15) is 18.3 Å². The van der Waals surface area contributed by atoms with Crippen molar-refractivity contribution in [1.29, 1.82) is 0 Å². The molecule has 5 nitrogen and oxygen atoms in total. The molecule has 0 aromatic carbocycles. The Morgan fingerprint density at radius 3 is 2.36 bits per heavy atom. The summed E-state index contributed by atoms with van der Waals surface area (Å²) in [6, 6.07) is 2.27. The van der Waals surface area contributed by atoms with Gasteiger partial charge in [-0.15, -0.1) is 0 Å². The number of pyridine rings is 2. The van der Waals surface area contributed by atoms with Crippen molar-refractivity contribution in [2.45, 2.75) is 116 Å². The lowest BCUT2D eigenvalue weighted by Crippen LogP contribution is -2.46. The summed E-state index contributed by atoms with van der Waals surface area (Å²) in [5.41, 5.74) is 5.04. The van der Waals surface area contributed by atoms with Crippen molar-refractivity contribution in [3.05, 3.63) is 63.7 Å². The SMILES string of the molecule is CC(C)c1nc2c(c(C3=CCOCC3)c1C(O)c1ccc(C(F)(F)F)cn1)[C@@H](O[Si](C)(C)C(C)(C)C)CC1(CCC1)C2. The van der Waals surface area contributed by atoms with Gasteiger partial charge in [0, 0.05) is 23.0 Å². The quantitative estimate of drug-likeness (QED) is 0.335. The molecule has 1 aliphatic heterocycles. The number of alkyl halides is 3. The van der Waals surface area contributed by atoms with Crippen LogP contribution in [0.15, 0.2) is 24.4 Å². The van der Waals surface area contributed by atoms with Gasteiger partial charge in [0.25, 0.3) is 0 Å². The van der Waals surface area contributed by atoms with Crippen LogP contribution in [0.5, 0.6) is 0 Å². The zero-order valence-electron chi connectivity index (χ0n) is 26.0. The van der Waals surface area contributed by atoms with Crippen LogP contribution in [-0.2, 0) is 21.8 Å². The fourth-order valence-corrected chi connectivity index (χ4v) is 7.74. The Hall–Kier alpha value is -2.07. The Morgan fingerprint density at radius 2 is 1.86 bits per heavy atom. The first kappa shape index (κ1) is 31.4. The number of nitrogens with zero attached hydrogens (tertiary/aromatic N) is 2. The molecule has 1 saturated carbocycles. The number of fused-ring (bicyclic) bond motifs is 1. The van der Waals surface area contributed by atoms with Gasteiger partial charge >= 0.3 is 6.18 Å². The summed E-state index contributed by atoms with van der Waals surface area (Å²) in [6.45, 7) is 16.4. The third-order valence-electron chi connectivity index (χ3n) is 10.0. The third-order valence-corrected chi connectivity index (χ3v) is 14.5. The minimum absolute atomic E-state index is 0.00723. The standard InChI is InChI=1S/C33H45F3N2O3Si/c1-20(2)29-28(30(39)23-10-9-22(19-37-23)33(34,35)36)26(21-11-15-40-16-12-21)27-24(38-29)17-32(13-8-14-32)18-25(27)41-42(6,7)31(3,4)5/h9-11,19-20,25,30,39H,8,12-18H2,1-7H3/t25-,30?/m0/s1. The molecule has 42 heavy (non-hydrogen) atoms. The fraction of sp³-hybridized carbons (Fsp3) is 0.636. The van der Waals surface area contributed by atoms with Crippen molar-refractivity contribution < 1.29 is 27.4 Å². The summed E-state index contributed by atoms with van der Waals surface area (Å²) < 4.78 is 52.9. The zero-order valence-corrected chi connectivity index (χ0v) is 27.0. The molecule has 3 aliphatic rings. The molecule has 2 aromatic heterocycles. The smallest absolute Gasteiger partial charge is 0.410 e. The molecule has 2 atom stereocenters. The maximum Gasteiger partial charge on any atom is 0.417 e. The van der Waals surface area contributed by atoms with Gasteiger partial charge in [-0.3, -0.25) is 9.97 Å². The lowest BCUT2D eigenvalue weighted by Gasteiger charge is -2.51. The normalized spacial score (nSPS) is 21.6. The molecule has 0 bridgehead atoms. The molecule has 3 heterocycles. The lowest BCUT2D eigenvalue weighted by atomic mass is 9.59. The van der Waals surface area contributed by atoms with Gasteiger partial charge in [0.2, 0.25) is 0 Å². The van der Waals surface area contributed by atoms with Crippen LogP contribution in [0.1, 0.15) is 124 Å². The van der Waals surface area contributed by atoms with Crippen LogP contribution in [0.2, 0.25) is 18.1 Å². The number of hydrogen-bond acceptors (Lipinski definition) is 5. The summed E-state index contributed by atoms with van der Waals surface area (Å²) in [7, 11) is -2.21. The topological polar surface area (TPSA) is 64.5 Å². The predicted molar refractivity (Wildman–Crippen MR) is 161 cm³/mol. The van der Waals surface area contributed by atoms with E-state index in [0.29, 0.717) is 25.2 Å². The molecule has 2 aliphatic carbocycles. The molecule has 0 saturated heterocycles. The fourth-order valence-electron chi connectivity index (χ4n) is 6.48. The first-order valence-corrected chi connectivity index (χ1v) is 18.2. The Bertz CT molecular complexity index is 1340. The van der Waals surface area contributed by atoms with Crippen LogP contribution in [-0.4, -0.2) is 36.6 Å². The first-order valence-electron chi connectivity index (χ1n) is 15.3. The maximum absolute atomic E-state index is 13.3. The second-order valence-corrected chi connectivity index (χ2v) is 19.1. The van der Waals surface area contributed by atoms with Crippen LogP contribution < -0.4 is 0 Å². The number of aliphatic hydroxyl groups excluding tert-OH is 1. The van der Waals surface area contributed by atoms with Gasteiger partial charge in [0.15, 0.2) is 8.32 Å². The highest BCUT2D eigenvalue weighted by Gasteiger charge is 2.49. The van der Waals surface area contributed by atoms with E-state index >= 15 is 0 Å². The molecule has 2 aromatic rings. The molecular formula is C33H45F3N2O3Si. The van der Waals surface area contributed by atoms with Crippen molar-refractivity contribution in [3.8, 4) is 0 Å². The van der Waals surface area contributed by atoms with Gasteiger partial charge in [-0.2, -0.15) is 13.2 Å². The van der Waals surface area contributed by atoms with Crippen molar-refractivity contribution in [2.75, 3.05) is 13.2 Å². The average Bonchev–Trinajstić information content (AvgIpc) is 2.89. The van der Waals surface area contributed by atoms with E-state index in [-0.39, 0.29) is 28.2 Å². The molecule has 0 amide bonds. The highest BCUT2D eigenvalue weighted by Crippen LogP contribution is 2.57. The highest BCUT2D eigenvalue weighted by molar-refractivity contribution is 6.74. The molecule has 0 radical (unpaired) electrons. The van der Waals surface area contributed by atoms with Crippen LogP contribution >= 0.6 is 0 Å². The van der Waals surface area contributed by atoms with Crippen molar-refractivity contribution >= 4 is 13.9 Å². The van der Waals surface area contributed by atoms with Crippen LogP contribution in [0.25, 0.3) is 5.57 Å². The Labute approximate surface area is 249 Å². The van der Waals surface area contributed by atoms with Gasteiger partial charge in [0.05, 0.1) is 36.3 Å². The Kier molecular flexibility index (Phi) is 8.31. The number of hydrogen-bond donors (Lipinski definition) is 1. The molecule has 5 rings (SSSR count). The van der Waals surface area contributed by atoms with Crippen LogP contribution in [0.4, 0.5) is 13.2 Å². The molecular weight excluding hydrogens is 557 g/mol. The van der Waals surface area contributed by atoms with Gasteiger partial charge in [-0.1, -0.05) is 47.1 Å². The summed E-state index contributed by atoms with van der Waals surface area (Å²) in [5.74, 6) is -0.0207. The predicted octanol–water partition coefficient (Wildman–Crippen LogP) is 8.68. The maximum atomic E-state index is 13.3. The van der Waals surface area contributed by atoms with Gasteiger partial charge in [-0.25, -0.2) is 0 Å². The Balaban J connectivity index is 1.75. The Morgan fingerprint density at radius 1 is 1.14 bits per heavy atom. The number of aromatic nitrogens is 2. The van der Waals surface area contributed by atoms with Crippen LogP contribution in [0.3, 0.4) is 0 Å². The van der Waals surface area contributed by atoms with E-state index in [4.69, 9.17) is 14.1 Å². The minimum Gasteiger partial charge on any atom is -0.410 e. The largest absolute Gasteiger partial charge is 0.417 e. The van der Waals surface area contributed by atoms with Crippen molar-refractivity contribution in [2.24, 2.45) is 5.41 Å². The summed E-state index contributed by atoms with van der Waals surface area (Å²) in [6.07, 6.45) is 2.97. The van der Waals surface area contributed by atoms with Crippen molar-refractivity contribution in [3.63, 3.8) is 0 Å². The number of aliphatic hydroxyl groups is 1. The molecule has 1 fully saturated rings. The molecule has 9 heteroatoms. The number of halogens is 3. The highest BCUT2D eigenvalue weighted by atomic mass is 28.4. The van der Waals surface area contributed by atoms with Gasteiger partial charge in [-0.05, 0) is 84.8 Å². The second kappa shape index (κ2) is 11.1. The van der Waals surface area contributed by atoms with E-state index in [1.165, 1.54) is 12.5 Å². The third kappa shape index (κ3) is 5.86. The monoisotopic (exact) mass is 602 g/mol. The number of rotatable bonds is 6. The van der Waals surface area contributed by atoms with E-state index < -0.39 is 26.2 Å². The summed E-state index contributed by atoms with van der Waals surface area (Å²) in [4.78, 5) is 9.41. The first-order chi connectivity index (χ1) is 19.5. The minimum atomic E-state index is -4.50. The summed E-state index contributed by atoms with van der Waals surface area (Å²) >= 11 is 0. The van der Waals surface area contributed by atoms with Crippen molar-refractivity contribution in [1.82, 2.24) is 9.97 Å². The average molecular weight is 603 g/mol. The van der Waals surface area contributed by atoms with E-state index in [1.807, 2.05) is 0 Å². The molecule has 1 N–H and O–H groups in total. The molecule has 1 unspecified atom stereocenters. The summed E-state index contributed by atoms with van der Waals surface area (Å²) in [5, 5.41) is 12.0. The lowest BCUT2D eigenvalue weighted by molar-refractivity contribution is -0.137. The van der Waals surface area contributed by atoms with E-state index in [1.54, 1.807) is 0 Å². The van der Waals surface area contributed by atoms with E-state index in [0.717, 1.165) is 66.0 Å².